The molecule has 0 fully saturated rings. The summed E-state index contributed by atoms with van der Waals surface area (Å²) in [5.41, 5.74) is 2.80. The van der Waals surface area contributed by atoms with E-state index in [-0.39, 0.29) is 10.8 Å². The third-order valence-corrected chi connectivity index (χ3v) is 7.06. The molecule has 2 aromatic carbocycles. The van der Waals surface area contributed by atoms with E-state index in [4.69, 9.17) is 14.5 Å². The van der Waals surface area contributed by atoms with Crippen LogP contribution in [0.1, 0.15) is 23.4 Å². The molecule has 1 atom stereocenters. The van der Waals surface area contributed by atoms with Crippen molar-refractivity contribution in [3.8, 4) is 17.2 Å². The molecule has 1 aliphatic heterocycles. The van der Waals surface area contributed by atoms with Gasteiger partial charge in [-0.15, -0.1) is 11.8 Å². The van der Waals surface area contributed by atoms with Gasteiger partial charge in [0.25, 0.3) is 5.56 Å². The SMILES string of the molecule is COc1ccc(-n2c(SC(C)c3ccccc3)nc3c(c2=O)SCC3)cc1OC. The largest absolute Gasteiger partial charge is 0.493 e. The fourth-order valence-corrected chi connectivity index (χ4v) is 5.41. The van der Waals surface area contributed by atoms with E-state index in [0.29, 0.717) is 16.7 Å². The van der Waals surface area contributed by atoms with Gasteiger partial charge in [-0.3, -0.25) is 9.36 Å². The van der Waals surface area contributed by atoms with Crippen LogP contribution in [0.3, 0.4) is 0 Å². The molecule has 1 aromatic heterocycles. The van der Waals surface area contributed by atoms with Gasteiger partial charge in [-0.1, -0.05) is 42.1 Å². The van der Waals surface area contributed by atoms with Crippen LogP contribution in [0, 0.1) is 0 Å². The van der Waals surface area contributed by atoms with Crippen LogP contribution in [0.4, 0.5) is 0 Å². The molecule has 1 aliphatic rings. The summed E-state index contributed by atoms with van der Waals surface area (Å²) >= 11 is 3.18. The van der Waals surface area contributed by atoms with Crippen LogP contribution in [-0.2, 0) is 6.42 Å². The fraction of sp³-hybridized carbons (Fsp3) is 0.273. The van der Waals surface area contributed by atoms with Crippen LogP contribution < -0.4 is 15.0 Å². The zero-order valence-electron chi connectivity index (χ0n) is 16.5. The van der Waals surface area contributed by atoms with E-state index < -0.39 is 0 Å². The van der Waals surface area contributed by atoms with Gasteiger partial charge in [0.05, 0.1) is 30.5 Å². The lowest BCUT2D eigenvalue weighted by molar-refractivity contribution is 0.354. The quantitative estimate of drug-likeness (QED) is 0.419. The van der Waals surface area contributed by atoms with E-state index in [1.165, 1.54) is 5.56 Å². The maximum Gasteiger partial charge on any atom is 0.272 e. The molecule has 0 aliphatic carbocycles. The van der Waals surface area contributed by atoms with E-state index in [1.54, 1.807) is 42.3 Å². The Labute approximate surface area is 178 Å². The summed E-state index contributed by atoms with van der Waals surface area (Å²) < 4.78 is 12.5. The number of nitrogens with zero attached hydrogens (tertiary/aromatic N) is 2. The van der Waals surface area contributed by atoms with E-state index in [2.05, 4.69) is 19.1 Å². The second-order valence-electron chi connectivity index (χ2n) is 6.62. The lowest BCUT2D eigenvalue weighted by atomic mass is 10.2. The predicted molar refractivity (Wildman–Crippen MR) is 118 cm³/mol. The number of hydrogen-bond acceptors (Lipinski definition) is 6. The molecule has 150 valence electrons. The number of thioether (sulfide) groups is 2. The van der Waals surface area contributed by atoms with Crippen LogP contribution in [0.15, 0.2) is 63.4 Å². The highest BCUT2D eigenvalue weighted by Gasteiger charge is 2.24. The number of benzene rings is 2. The van der Waals surface area contributed by atoms with E-state index >= 15 is 0 Å². The van der Waals surface area contributed by atoms with Crippen molar-refractivity contribution >= 4 is 23.5 Å². The smallest absolute Gasteiger partial charge is 0.272 e. The Kier molecular flexibility index (Phi) is 5.87. The second kappa shape index (κ2) is 8.55. The van der Waals surface area contributed by atoms with Crippen LogP contribution in [0.5, 0.6) is 11.5 Å². The number of hydrogen-bond donors (Lipinski definition) is 0. The molecule has 0 saturated carbocycles. The number of methoxy groups -OCH3 is 2. The zero-order valence-corrected chi connectivity index (χ0v) is 18.2. The molecule has 5 nitrogen and oxygen atoms in total. The Balaban J connectivity index is 1.83. The van der Waals surface area contributed by atoms with Crippen molar-refractivity contribution in [3.63, 3.8) is 0 Å². The average molecular weight is 427 g/mol. The summed E-state index contributed by atoms with van der Waals surface area (Å²) in [7, 11) is 3.19. The lowest BCUT2D eigenvalue weighted by Gasteiger charge is -2.18. The highest BCUT2D eigenvalue weighted by Crippen LogP contribution is 2.37. The molecular weight excluding hydrogens is 404 g/mol. The first-order valence-electron chi connectivity index (χ1n) is 9.35. The Hall–Kier alpha value is -2.38. The van der Waals surface area contributed by atoms with Gasteiger partial charge in [-0.2, -0.15) is 0 Å². The molecule has 7 heteroatoms. The standard InChI is InChI=1S/C22H22N2O3S2/c1-14(15-7-5-4-6-8-15)29-22-23-17-11-12-28-20(17)21(25)24(22)16-9-10-18(26-2)19(13-16)27-3/h4-10,13-14H,11-12H2,1-3H3. The number of aromatic nitrogens is 2. The minimum Gasteiger partial charge on any atom is -0.493 e. The van der Waals surface area contributed by atoms with Gasteiger partial charge in [-0.25, -0.2) is 4.98 Å². The number of aryl methyl sites for hydroxylation is 1. The molecule has 2 heterocycles. The molecule has 0 amide bonds. The van der Waals surface area contributed by atoms with Gasteiger partial charge in [0, 0.05) is 23.5 Å². The van der Waals surface area contributed by atoms with E-state index in [1.807, 2.05) is 36.4 Å². The lowest BCUT2D eigenvalue weighted by Crippen LogP contribution is -2.24. The van der Waals surface area contributed by atoms with Gasteiger partial charge >= 0.3 is 0 Å². The predicted octanol–water partition coefficient (Wildman–Crippen LogP) is 4.75. The molecule has 4 rings (SSSR count). The summed E-state index contributed by atoms with van der Waals surface area (Å²) in [6.07, 6.45) is 0.829. The fourth-order valence-electron chi connectivity index (χ4n) is 3.31. The van der Waals surface area contributed by atoms with Crippen molar-refractivity contribution in [1.82, 2.24) is 9.55 Å². The molecule has 0 bridgehead atoms. The van der Waals surface area contributed by atoms with E-state index in [9.17, 15) is 4.79 Å². The topological polar surface area (TPSA) is 53.4 Å². The van der Waals surface area contributed by atoms with Crippen molar-refractivity contribution in [3.05, 3.63) is 70.1 Å². The Bertz CT molecular complexity index is 1080. The third kappa shape index (κ3) is 3.89. The summed E-state index contributed by atoms with van der Waals surface area (Å²) in [4.78, 5) is 19.0. The van der Waals surface area contributed by atoms with Crippen LogP contribution in [0.25, 0.3) is 5.69 Å². The second-order valence-corrected chi connectivity index (χ2v) is 9.03. The minimum absolute atomic E-state index is 0.0209. The molecule has 1 unspecified atom stereocenters. The zero-order chi connectivity index (χ0) is 20.4. The number of ether oxygens (including phenoxy) is 2. The normalized spacial score (nSPS) is 13.8. The Morgan fingerprint density at radius 1 is 1.10 bits per heavy atom. The maximum atomic E-state index is 13.4. The van der Waals surface area contributed by atoms with Crippen molar-refractivity contribution in [2.24, 2.45) is 0 Å². The molecule has 3 aromatic rings. The molecule has 29 heavy (non-hydrogen) atoms. The van der Waals surface area contributed by atoms with Crippen LogP contribution >= 0.6 is 23.5 Å². The van der Waals surface area contributed by atoms with Crippen LogP contribution in [-0.4, -0.2) is 29.5 Å². The van der Waals surface area contributed by atoms with Crippen molar-refractivity contribution < 1.29 is 9.47 Å². The van der Waals surface area contributed by atoms with Gasteiger partial charge in [0.2, 0.25) is 0 Å². The summed E-state index contributed by atoms with van der Waals surface area (Å²) in [5, 5.41) is 0.849. The number of rotatable bonds is 6. The monoisotopic (exact) mass is 426 g/mol. The van der Waals surface area contributed by atoms with Crippen molar-refractivity contribution in [2.45, 2.75) is 28.6 Å². The van der Waals surface area contributed by atoms with Gasteiger partial charge < -0.3 is 9.47 Å². The van der Waals surface area contributed by atoms with E-state index in [0.717, 1.165) is 28.5 Å². The van der Waals surface area contributed by atoms with Gasteiger partial charge in [0.15, 0.2) is 16.7 Å². The first kappa shape index (κ1) is 19.9. The minimum atomic E-state index is -0.0209. The average Bonchev–Trinajstić information content (AvgIpc) is 3.23. The molecule has 0 radical (unpaired) electrons. The first-order chi connectivity index (χ1) is 14.1. The summed E-state index contributed by atoms with van der Waals surface area (Å²) in [5.74, 6) is 2.10. The molecule has 0 saturated heterocycles. The van der Waals surface area contributed by atoms with Crippen molar-refractivity contribution in [2.75, 3.05) is 20.0 Å². The van der Waals surface area contributed by atoms with Gasteiger partial charge in [0.1, 0.15) is 0 Å². The maximum absolute atomic E-state index is 13.4. The van der Waals surface area contributed by atoms with Crippen molar-refractivity contribution in [1.29, 1.82) is 0 Å². The first-order valence-corrected chi connectivity index (χ1v) is 11.2. The third-order valence-electron chi connectivity index (χ3n) is 4.84. The highest BCUT2D eigenvalue weighted by atomic mass is 32.2. The summed E-state index contributed by atoms with van der Waals surface area (Å²) in [6.45, 7) is 2.13. The Morgan fingerprint density at radius 3 is 2.59 bits per heavy atom. The molecule has 0 N–H and O–H groups in total. The number of fused-ring (bicyclic) bond motifs is 1. The molecule has 0 spiro atoms. The summed E-state index contributed by atoms with van der Waals surface area (Å²) in [6, 6.07) is 15.8. The highest BCUT2D eigenvalue weighted by molar-refractivity contribution is 7.99. The Morgan fingerprint density at radius 2 is 1.86 bits per heavy atom. The van der Waals surface area contributed by atoms with Gasteiger partial charge in [-0.05, 0) is 24.6 Å². The van der Waals surface area contributed by atoms with Crippen LogP contribution in [0.2, 0.25) is 0 Å². The molecular formula is C22H22N2O3S2.